The van der Waals surface area contributed by atoms with Gasteiger partial charge >= 0.3 is 0 Å². The van der Waals surface area contributed by atoms with Gasteiger partial charge in [-0.1, -0.05) is 12.1 Å². The molecule has 0 bridgehead atoms. The fourth-order valence-electron chi connectivity index (χ4n) is 2.42. The van der Waals surface area contributed by atoms with Crippen LogP contribution in [0.1, 0.15) is 29.8 Å². The van der Waals surface area contributed by atoms with Gasteiger partial charge in [-0.05, 0) is 49.7 Å². The lowest BCUT2D eigenvalue weighted by molar-refractivity contribution is 0.0911. The zero-order valence-electron chi connectivity index (χ0n) is 14.7. The highest BCUT2D eigenvalue weighted by Crippen LogP contribution is 2.32. The van der Waals surface area contributed by atoms with Crippen LogP contribution in [0.25, 0.3) is 0 Å². The summed E-state index contributed by atoms with van der Waals surface area (Å²) in [4.78, 5) is 12.6. The van der Waals surface area contributed by atoms with Gasteiger partial charge in [0, 0.05) is 5.56 Å². The third-order valence-corrected chi connectivity index (χ3v) is 3.86. The maximum absolute atomic E-state index is 12.6. The van der Waals surface area contributed by atoms with E-state index in [2.05, 4.69) is 5.32 Å². The highest BCUT2D eigenvalue weighted by molar-refractivity contribution is 5.95. The van der Waals surface area contributed by atoms with Crippen molar-refractivity contribution in [1.29, 1.82) is 0 Å². The summed E-state index contributed by atoms with van der Waals surface area (Å²) >= 11 is 0. The van der Waals surface area contributed by atoms with Crippen LogP contribution in [0.5, 0.6) is 17.2 Å². The van der Waals surface area contributed by atoms with Gasteiger partial charge < -0.3 is 19.5 Å². The first-order valence-electron chi connectivity index (χ1n) is 7.60. The van der Waals surface area contributed by atoms with Crippen LogP contribution < -0.4 is 19.5 Å². The predicted molar refractivity (Wildman–Crippen MR) is 93.0 cm³/mol. The van der Waals surface area contributed by atoms with Gasteiger partial charge in [0.25, 0.3) is 5.91 Å². The number of carbonyl (C=O) groups is 1. The average molecular weight is 329 g/mol. The van der Waals surface area contributed by atoms with E-state index in [4.69, 9.17) is 14.2 Å². The summed E-state index contributed by atoms with van der Waals surface area (Å²) in [5, 5.41) is 3.04. The van der Waals surface area contributed by atoms with Gasteiger partial charge in [0.15, 0.2) is 11.5 Å². The molecule has 0 aliphatic heterocycles. The van der Waals surface area contributed by atoms with Crippen molar-refractivity contribution in [1.82, 2.24) is 5.32 Å². The van der Waals surface area contributed by atoms with Crippen molar-refractivity contribution in [2.45, 2.75) is 19.4 Å². The molecule has 0 fully saturated rings. The van der Waals surface area contributed by atoms with Gasteiger partial charge in [-0.3, -0.25) is 4.79 Å². The largest absolute Gasteiger partial charge is 0.497 e. The lowest BCUT2D eigenvalue weighted by Gasteiger charge is -2.27. The molecule has 0 radical (unpaired) electrons. The van der Waals surface area contributed by atoms with E-state index in [1.54, 1.807) is 45.6 Å². The molecule has 5 heteroatoms. The van der Waals surface area contributed by atoms with E-state index in [1.165, 1.54) is 0 Å². The van der Waals surface area contributed by atoms with Gasteiger partial charge in [-0.15, -0.1) is 0 Å². The summed E-state index contributed by atoms with van der Waals surface area (Å²) in [7, 11) is 4.75. The molecule has 128 valence electrons. The van der Waals surface area contributed by atoms with Crippen LogP contribution in [0.4, 0.5) is 0 Å². The molecule has 0 aliphatic rings. The van der Waals surface area contributed by atoms with Gasteiger partial charge in [-0.2, -0.15) is 0 Å². The van der Waals surface area contributed by atoms with Crippen LogP contribution in [0.2, 0.25) is 0 Å². The molecule has 0 aromatic heterocycles. The van der Waals surface area contributed by atoms with Crippen LogP contribution >= 0.6 is 0 Å². The summed E-state index contributed by atoms with van der Waals surface area (Å²) in [6.07, 6.45) is 0. The molecule has 0 aliphatic carbocycles. The second-order valence-electron chi connectivity index (χ2n) is 5.88. The Hall–Kier alpha value is -2.69. The van der Waals surface area contributed by atoms with Crippen molar-refractivity contribution in [2.75, 3.05) is 21.3 Å². The van der Waals surface area contributed by atoms with Crippen molar-refractivity contribution in [2.24, 2.45) is 0 Å². The highest BCUT2D eigenvalue weighted by atomic mass is 16.5. The van der Waals surface area contributed by atoms with Gasteiger partial charge in [0.05, 0.1) is 26.9 Å². The molecule has 0 saturated carbocycles. The first kappa shape index (κ1) is 17.7. The van der Waals surface area contributed by atoms with E-state index >= 15 is 0 Å². The molecule has 1 amide bonds. The number of ether oxygens (including phenoxy) is 3. The molecular weight excluding hydrogens is 306 g/mol. The summed E-state index contributed by atoms with van der Waals surface area (Å²) in [6, 6.07) is 12.7. The predicted octanol–water partition coefficient (Wildman–Crippen LogP) is 3.38. The van der Waals surface area contributed by atoms with Crippen LogP contribution in [0.3, 0.4) is 0 Å². The van der Waals surface area contributed by atoms with E-state index in [1.807, 2.05) is 32.0 Å². The standard InChI is InChI=1S/C19H23NO4/c1-19(2,14-9-10-16(23-4)17(12-14)24-5)20-18(21)13-7-6-8-15(11-13)22-3/h6-12H,1-5H3,(H,20,21). The van der Waals surface area contributed by atoms with E-state index in [9.17, 15) is 4.79 Å². The highest BCUT2D eigenvalue weighted by Gasteiger charge is 2.25. The quantitative estimate of drug-likeness (QED) is 0.883. The maximum atomic E-state index is 12.6. The maximum Gasteiger partial charge on any atom is 0.252 e. The fourth-order valence-corrected chi connectivity index (χ4v) is 2.42. The topological polar surface area (TPSA) is 56.8 Å². The Kier molecular flexibility index (Phi) is 5.34. The number of carbonyl (C=O) groups excluding carboxylic acids is 1. The molecule has 2 aromatic carbocycles. The molecule has 2 aromatic rings. The third-order valence-electron chi connectivity index (χ3n) is 3.86. The van der Waals surface area contributed by atoms with E-state index < -0.39 is 5.54 Å². The summed E-state index contributed by atoms with van der Waals surface area (Å²) < 4.78 is 15.8. The Morgan fingerprint density at radius 3 is 2.25 bits per heavy atom. The first-order chi connectivity index (χ1) is 11.4. The zero-order valence-corrected chi connectivity index (χ0v) is 14.7. The number of methoxy groups -OCH3 is 3. The number of hydrogen-bond donors (Lipinski definition) is 1. The second kappa shape index (κ2) is 7.25. The third kappa shape index (κ3) is 3.79. The first-order valence-corrected chi connectivity index (χ1v) is 7.60. The molecule has 24 heavy (non-hydrogen) atoms. The average Bonchev–Trinajstić information content (AvgIpc) is 2.60. The summed E-state index contributed by atoms with van der Waals surface area (Å²) in [5.74, 6) is 1.75. The molecule has 0 unspecified atom stereocenters. The van der Waals surface area contributed by atoms with E-state index in [-0.39, 0.29) is 5.91 Å². The molecular formula is C19H23NO4. The molecule has 5 nitrogen and oxygen atoms in total. The van der Waals surface area contributed by atoms with E-state index in [0.717, 1.165) is 5.56 Å². The van der Waals surface area contributed by atoms with Crippen molar-refractivity contribution in [3.05, 3.63) is 53.6 Å². The van der Waals surface area contributed by atoms with Crippen molar-refractivity contribution in [3.8, 4) is 17.2 Å². The van der Waals surface area contributed by atoms with Gasteiger partial charge in [0.2, 0.25) is 0 Å². The number of amides is 1. The van der Waals surface area contributed by atoms with Crippen molar-refractivity contribution in [3.63, 3.8) is 0 Å². The van der Waals surface area contributed by atoms with Gasteiger partial charge in [-0.25, -0.2) is 0 Å². The Balaban J connectivity index is 2.25. The fraction of sp³-hybridized carbons (Fsp3) is 0.316. The molecule has 0 spiro atoms. The van der Waals surface area contributed by atoms with E-state index in [0.29, 0.717) is 22.8 Å². The molecule has 0 heterocycles. The van der Waals surface area contributed by atoms with Crippen molar-refractivity contribution < 1.29 is 19.0 Å². The normalized spacial score (nSPS) is 10.9. The molecule has 0 saturated heterocycles. The lowest BCUT2D eigenvalue weighted by Crippen LogP contribution is -2.41. The Labute approximate surface area is 142 Å². The van der Waals surface area contributed by atoms with Gasteiger partial charge in [0.1, 0.15) is 5.75 Å². The lowest BCUT2D eigenvalue weighted by atomic mass is 9.93. The second-order valence-corrected chi connectivity index (χ2v) is 5.88. The Bertz CT molecular complexity index is 725. The zero-order chi connectivity index (χ0) is 17.7. The number of hydrogen-bond acceptors (Lipinski definition) is 4. The summed E-state index contributed by atoms with van der Waals surface area (Å²) in [5.41, 5.74) is 0.874. The van der Waals surface area contributed by atoms with Crippen LogP contribution in [0.15, 0.2) is 42.5 Å². The minimum absolute atomic E-state index is 0.173. The molecule has 0 atom stereocenters. The number of nitrogens with one attached hydrogen (secondary N) is 1. The monoisotopic (exact) mass is 329 g/mol. The smallest absolute Gasteiger partial charge is 0.252 e. The Morgan fingerprint density at radius 2 is 1.62 bits per heavy atom. The molecule has 1 N–H and O–H groups in total. The minimum atomic E-state index is -0.584. The SMILES string of the molecule is COc1cccc(C(=O)NC(C)(C)c2ccc(OC)c(OC)c2)c1. The minimum Gasteiger partial charge on any atom is -0.497 e. The van der Waals surface area contributed by atoms with Crippen LogP contribution in [0, 0.1) is 0 Å². The summed E-state index contributed by atoms with van der Waals surface area (Å²) in [6.45, 7) is 3.87. The van der Waals surface area contributed by atoms with Crippen LogP contribution in [-0.4, -0.2) is 27.2 Å². The number of benzene rings is 2. The Morgan fingerprint density at radius 1 is 0.917 bits per heavy atom. The van der Waals surface area contributed by atoms with Crippen LogP contribution in [-0.2, 0) is 5.54 Å². The number of rotatable bonds is 6. The molecule has 2 rings (SSSR count). The van der Waals surface area contributed by atoms with Crippen molar-refractivity contribution >= 4 is 5.91 Å².